The highest BCUT2D eigenvalue weighted by molar-refractivity contribution is 9.11. The van der Waals surface area contributed by atoms with E-state index in [1.807, 2.05) is 34.4 Å². The summed E-state index contributed by atoms with van der Waals surface area (Å²) in [6, 6.07) is 4.53. The van der Waals surface area contributed by atoms with Crippen LogP contribution in [0.4, 0.5) is 0 Å². The molecule has 0 nitrogen and oxygen atoms in total. The van der Waals surface area contributed by atoms with E-state index in [2.05, 4.69) is 57.8 Å². The van der Waals surface area contributed by atoms with Crippen LogP contribution in [-0.2, 0) is 0 Å². The van der Waals surface area contributed by atoms with Crippen LogP contribution in [0.15, 0.2) is 24.6 Å². The topological polar surface area (TPSA) is 0 Å². The first-order valence-corrected chi connectivity index (χ1v) is 15.0. The fourth-order valence-electron chi connectivity index (χ4n) is 3.41. The number of thiophene rings is 2. The molecule has 0 bridgehead atoms. The highest BCUT2D eigenvalue weighted by atomic mass is 79.9. The molecule has 0 aliphatic carbocycles. The Morgan fingerprint density at radius 2 is 1.21 bits per heavy atom. The molecular formula is C23H34Br2S3. The van der Waals surface area contributed by atoms with Gasteiger partial charge in [-0.05, 0) is 68.7 Å². The number of hydrogen-bond donors (Lipinski definition) is 0. The molecule has 0 aliphatic heterocycles. The molecule has 0 aromatic carbocycles. The van der Waals surface area contributed by atoms with Crippen LogP contribution in [0.5, 0.6) is 0 Å². The quantitative estimate of drug-likeness (QED) is 0.153. The molecule has 2 aromatic rings. The summed E-state index contributed by atoms with van der Waals surface area (Å²) >= 11 is 13.1. The van der Waals surface area contributed by atoms with E-state index in [4.69, 9.17) is 0 Å². The lowest BCUT2D eigenvalue weighted by Gasteiger charge is -2.04. The van der Waals surface area contributed by atoms with E-state index < -0.39 is 0 Å². The summed E-state index contributed by atoms with van der Waals surface area (Å²) in [5.41, 5.74) is 1.37. The molecule has 0 N–H and O–H groups in total. The van der Waals surface area contributed by atoms with Gasteiger partial charge in [0.15, 0.2) is 0 Å². The normalized spacial score (nSPS) is 11.4. The molecule has 5 heteroatoms. The zero-order chi connectivity index (χ0) is 20.2. The molecule has 0 amide bonds. The van der Waals surface area contributed by atoms with Gasteiger partial charge in [-0.15, -0.1) is 34.4 Å². The molecule has 0 atom stereocenters. The zero-order valence-corrected chi connectivity index (χ0v) is 22.9. The lowest BCUT2D eigenvalue weighted by Crippen LogP contribution is -1.84. The van der Waals surface area contributed by atoms with E-state index in [1.165, 1.54) is 111 Å². The average Bonchev–Trinajstić information content (AvgIpc) is 3.19. The van der Waals surface area contributed by atoms with Gasteiger partial charge in [0.25, 0.3) is 0 Å². The Kier molecular flexibility index (Phi) is 13.1. The Hall–Kier alpha value is 0.710. The largest absolute Gasteiger partial charge is 0.127 e. The standard InChI is InChI=1S/C23H34Br2S3/c1-3-4-5-6-7-8-9-10-11-12-13-14-15-26-19-17-21(25)28-23(19)22-18(2)16-20(24)27-22/h16-17H,3-15H2,1-2H3. The van der Waals surface area contributed by atoms with Crippen molar-refractivity contribution in [3.63, 3.8) is 0 Å². The van der Waals surface area contributed by atoms with Crippen molar-refractivity contribution in [1.29, 1.82) is 0 Å². The number of hydrogen-bond acceptors (Lipinski definition) is 3. The first kappa shape index (κ1) is 25.0. The molecular weight excluding hydrogens is 532 g/mol. The number of thioether (sulfide) groups is 1. The first-order chi connectivity index (χ1) is 13.6. The fourth-order valence-corrected chi connectivity index (χ4v) is 8.43. The van der Waals surface area contributed by atoms with Crippen molar-refractivity contribution in [2.75, 3.05) is 5.75 Å². The summed E-state index contributed by atoms with van der Waals surface area (Å²) in [6.45, 7) is 4.50. The third-order valence-corrected chi connectivity index (χ3v) is 9.81. The van der Waals surface area contributed by atoms with Crippen LogP contribution in [0.3, 0.4) is 0 Å². The molecule has 0 radical (unpaired) electrons. The van der Waals surface area contributed by atoms with E-state index in [0.717, 1.165) is 0 Å². The number of rotatable bonds is 15. The number of halogens is 2. The Balaban J connectivity index is 1.57. The summed E-state index contributed by atoms with van der Waals surface area (Å²) in [7, 11) is 0. The molecule has 0 unspecified atom stereocenters. The predicted octanol–water partition coefficient (Wildman–Crippen LogP) is 11.1. The lowest BCUT2D eigenvalue weighted by atomic mass is 10.1. The first-order valence-electron chi connectivity index (χ1n) is 10.8. The number of aryl methyl sites for hydroxylation is 1. The van der Waals surface area contributed by atoms with Gasteiger partial charge in [-0.3, -0.25) is 0 Å². The highest BCUT2D eigenvalue weighted by Gasteiger charge is 2.15. The van der Waals surface area contributed by atoms with Crippen molar-refractivity contribution in [2.24, 2.45) is 0 Å². The third kappa shape index (κ3) is 9.24. The minimum atomic E-state index is 1.22. The molecule has 0 aliphatic rings. The van der Waals surface area contributed by atoms with E-state index in [9.17, 15) is 0 Å². The van der Waals surface area contributed by atoms with Crippen LogP contribution >= 0.6 is 66.3 Å². The Morgan fingerprint density at radius 3 is 1.75 bits per heavy atom. The Bertz CT molecular complexity index is 675. The SMILES string of the molecule is CCCCCCCCCCCCCCSc1cc(Br)sc1-c1sc(Br)cc1C. The molecule has 2 heterocycles. The maximum Gasteiger partial charge on any atom is 0.0716 e. The van der Waals surface area contributed by atoms with Crippen molar-refractivity contribution >= 4 is 66.3 Å². The monoisotopic (exact) mass is 564 g/mol. The van der Waals surface area contributed by atoms with E-state index >= 15 is 0 Å². The summed E-state index contributed by atoms with van der Waals surface area (Å²) in [6.07, 6.45) is 17.0. The van der Waals surface area contributed by atoms with Gasteiger partial charge >= 0.3 is 0 Å². The minimum absolute atomic E-state index is 1.22. The molecule has 0 saturated carbocycles. The van der Waals surface area contributed by atoms with Gasteiger partial charge < -0.3 is 0 Å². The maximum absolute atomic E-state index is 3.69. The van der Waals surface area contributed by atoms with E-state index in [-0.39, 0.29) is 0 Å². The second-order valence-corrected chi connectivity index (χ2v) is 13.5. The van der Waals surface area contributed by atoms with Crippen LogP contribution in [-0.4, -0.2) is 5.75 Å². The van der Waals surface area contributed by atoms with E-state index in [0.29, 0.717) is 0 Å². The van der Waals surface area contributed by atoms with E-state index in [1.54, 1.807) is 0 Å². The fraction of sp³-hybridized carbons (Fsp3) is 0.652. The molecule has 0 spiro atoms. The van der Waals surface area contributed by atoms with Crippen LogP contribution in [0.2, 0.25) is 0 Å². The smallest absolute Gasteiger partial charge is 0.0716 e. The predicted molar refractivity (Wildman–Crippen MR) is 140 cm³/mol. The molecule has 158 valence electrons. The third-order valence-electron chi connectivity index (χ3n) is 5.02. The van der Waals surface area contributed by atoms with Crippen molar-refractivity contribution in [2.45, 2.75) is 95.8 Å². The molecule has 0 saturated heterocycles. The van der Waals surface area contributed by atoms with Crippen molar-refractivity contribution < 1.29 is 0 Å². The summed E-state index contributed by atoms with van der Waals surface area (Å²) in [4.78, 5) is 4.29. The molecule has 2 rings (SSSR count). The highest BCUT2D eigenvalue weighted by Crippen LogP contribution is 2.46. The Labute approximate surface area is 201 Å². The van der Waals surface area contributed by atoms with Gasteiger partial charge in [-0.25, -0.2) is 0 Å². The summed E-state index contributed by atoms with van der Waals surface area (Å²) < 4.78 is 2.46. The van der Waals surface area contributed by atoms with Crippen LogP contribution in [0, 0.1) is 6.92 Å². The maximum atomic E-state index is 3.69. The molecule has 2 aromatic heterocycles. The van der Waals surface area contributed by atoms with Gasteiger partial charge in [0.2, 0.25) is 0 Å². The average molecular weight is 567 g/mol. The van der Waals surface area contributed by atoms with Crippen molar-refractivity contribution in [1.82, 2.24) is 0 Å². The van der Waals surface area contributed by atoms with Crippen molar-refractivity contribution in [3.05, 3.63) is 25.3 Å². The van der Waals surface area contributed by atoms with Gasteiger partial charge in [0.1, 0.15) is 0 Å². The lowest BCUT2D eigenvalue weighted by molar-refractivity contribution is 0.548. The Morgan fingerprint density at radius 1 is 0.714 bits per heavy atom. The van der Waals surface area contributed by atoms with Gasteiger partial charge in [0, 0.05) is 9.77 Å². The van der Waals surface area contributed by atoms with Crippen LogP contribution in [0.25, 0.3) is 9.75 Å². The minimum Gasteiger partial charge on any atom is -0.127 e. The van der Waals surface area contributed by atoms with Gasteiger partial charge in [-0.1, -0.05) is 77.6 Å². The van der Waals surface area contributed by atoms with Gasteiger partial charge in [0.05, 0.1) is 12.4 Å². The van der Waals surface area contributed by atoms with Crippen LogP contribution < -0.4 is 0 Å². The molecule has 0 fully saturated rings. The summed E-state index contributed by atoms with van der Waals surface area (Å²) in [5, 5.41) is 0. The molecule has 28 heavy (non-hydrogen) atoms. The second kappa shape index (κ2) is 14.7. The number of unbranched alkanes of at least 4 members (excludes halogenated alkanes) is 11. The second-order valence-electron chi connectivity index (χ2n) is 7.54. The van der Waals surface area contributed by atoms with Gasteiger partial charge in [-0.2, -0.15) is 0 Å². The zero-order valence-electron chi connectivity index (χ0n) is 17.3. The van der Waals surface area contributed by atoms with Crippen molar-refractivity contribution in [3.8, 4) is 9.75 Å². The van der Waals surface area contributed by atoms with Crippen LogP contribution in [0.1, 0.15) is 89.5 Å². The summed E-state index contributed by atoms with van der Waals surface area (Å²) in [5.74, 6) is 1.24.